The molecule has 0 bridgehead atoms. The number of hydrogen-bond acceptors (Lipinski definition) is 3. The molecule has 0 fully saturated rings. The zero-order chi connectivity index (χ0) is 8.48. The van der Waals surface area contributed by atoms with E-state index in [0.717, 1.165) is 12.3 Å². The molecule has 0 aromatic rings. The van der Waals surface area contributed by atoms with Gasteiger partial charge >= 0.3 is 0 Å². The fraction of sp³-hybridized carbons (Fsp3) is 0.857. The molecule has 1 aliphatic rings. The summed E-state index contributed by atoms with van der Waals surface area (Å²) < 4.78 is 11.8. The van der Waals surface area contributed by atoms with Gasteiger partial charge in [-0.3, -0.25) is 9.22 Å². The van der Waals surface area contributed by atoms with E-state index in [9.17, 15) is 4.21 Å². The number of hydrogen-bond donors (Lipinski definition) is 1. The number of hydrazone groups is 1. The predicted molar refractivity (Wildman–Crippen MR) is 50.9 cm³/mol. The second kappa shape index (κ2) is 2.93. The summed E-state index contributed by atoms with van der Waals surface area (Å²) in [6.45, 7) is 2.80. The predicted octanol–water partition coefficient (Wildman–Crippen LogP) is -0.0474. The maximum absolute atomic E-state index is 11.8. The lowest BCUT2D eigenvalue weighted by Crippen LogP contribution is -2.33. The second-order valence-electron chi connectivity index (χ2n) is 3.16. The van der Waals surface area contributed by atoms with Crippen LogP contribution in [0, 0.1) is 0 Å². The van der Waals surface area contributed by atoms with Crippen LogP contribution in [0.5, 0.6) is 0 Å². The SMILES string of the molecule is CC[SH](C)(=O)C1C=NN(C)C1. The summed E-state index contributed by atoms with van der Waals surface area (Å²) >= 11 is 0. The topological polar surface area (TPSA) is 32.7 Å². The van der Waals surface area contributed by atoms with Crippen LogP contribution in [0.15, 0.2) is 5.10 Å². The van der Waals surface area contributed by atoms with Crippen molar-refractivity contribution < 1.29 is 4.21 Å². The molecule has 11 heavy (non-hydrogen) atoms. The van der Waals surface area contributed by atoms with Crippen LogP contribution in [0.2, 0.25) is 0 Å². The first kappa shape index (κ1) is 8.71. The minimum Gasteiger partial charge on any atom is -0.299 e. The van der Waals surface area contributed by atoms with E-state index >= 15 is 0 Å². The largest absolute Gasteiger partial charge is 0.299 e. The first-order valence-corrected chi connectivity index (χ1v) is 6.28. The van der Waals surface area contributed by atoms with Crippen LogP contribution in [-0.4, -0.2) is 46.3 Å². The van der Waals surface area contributed by atoms with Crippen molar-refractivity contribution in [1.29, 1.82) is 0 Å². The van der Waals surface area contributed by atoms with Gasteiger partial charge in [0.25, 0.3) is 0 Å². The van der Waals surface area contributed by atoms with Crippen molar-refractivity contribution in [2.75, 3.05) is 25.6 Å². The molecule has 4 heteroatoms. The number of rotatable bonds is 2. The van der Waals surface area contributed by atoms with E-state index in [4.69, 9.17) is 0 Å². The van der Waals surface area contributed by atoms with Gasteiger partial charge in [0, 0.05) is 13.3 Å². The van der Waals surface area contributed by atoms with E-state index in [-0.39, 0.29) is 5.25 Å². The molecule has 0 aliphatic carbocycles. The molecule has 3 nitrogen and oxygen atoms in total. The van der Waals surface area contributed by atoms with Gasteiger partial charge in [0.05, 0.1) is 11.8 Å². The lowest BCUT2D eigenvalue weighted by Gasteiger charge is -2.21. The third-order valence-corrected chi connectivity index (χ3v) is 5.17. The summed E-state index contributed by atoms with van der Waals surface area (Å²) in [5.74, 6) is 0.775. The molecule has 1 unspecified atom stereocenters. The van der Waals surface area contributed by atoms with Gasteiger partial charge in [0.15, 0.2) is 0 Å². The number of thiol groups is 1. The Balaban J connectivity index is 2.64. The summed E-state index contributed by atoms with van der Waals surface area (Å²) in [6.07, 6.45) is 3.69. The Bertz CT molecular complexity index is 214. The highest BCUT2D eigenvalue weighted by atomic mass is 32.2. The molecular formula is C7H16N2OS. The van der Waals surface area contributed by atoms with Crippen molar-refractivity contribution in [3.05, 3.63) is 0 Å². The van der Waals surface area contributed by atoms with Gasteiger partial charge in [0.1, 0.15) is 0 Å². The summed E-state index contributed by atoms with van der Waals surface area (Å²) in [5, 5.41) is 6.10. The van der Waals surface area contributed by atoms with Gasteiger partial charge < -0.3 is 0 Å². The lowest BCUT2D eigenvalue weighted by molar-refractivity contribution is 0.393. The molecule has 1 rings (SSSR count). The minimum absolute atomic E-state index is 0.192. The Morgan fingerprint density at radius 1 is 1.82 bits per heavy atom. The third-order valence-electron chi connectivity index (χ3n) is 2.22. The average molecular weight is 176 g/mol. The molecule has 0 saturated heterocycles. The normalized spacial score (nSPS) is 26.1. The zero-order valence-corrected chi connectivity index (χ0v) is 8.21. The first-order valence-electron chi connectivity index (χ1n) is 3.87. The number of nitrogens with zero attached hydrogens (tertiary/aromatic N) is 2. The van der Waals surface area contributed by atoms with Crippen LogP contribution in [0.1, 0.15) is 6.92 Å². The van der Waals surface area contributed by atoms with Gasteiger partial charge in [-0.2, -0.15) is 5.10 Å². The Morgan fingerprint density at radius 3 is 2.82 bits per heavy atom. The highest BCUT2D eigenvalue weighted by Gasteiger charge is 2.24. The Labute approximate surface area is 68.9 Å². The van der Waals surface area contributed by atoms with Crippen molar-refractivity contribution >= 4 is 16.1 Å². The van der Waals surface area contributed by atoms with Gasteiger partial charge in [0.2, 0.25) is 0 Å². The fourth-order valence-electron chi connectivity index (χ4n) is 1.10. The van der Waals surface area contributed by atoms with Crippen LogP contribution in [0.3, 0.4) is 0 Å². The van der Waals surface area contributed by atoms with Crippen LogP contribution < -0.4 is 0 Å². The van der Waals surface area contributed by atoms with Gasteiger partial charge in [-0.25, -0.2) is 0 Å². The van der Waals surface area contributed by atoms with E-state index in [1.54, 1.807) is 0 Å². The molecule has 0 saturated carbocycles. The van der Waals surface area contributed by atoms with Crippen molar-refractivity contribution in [1.82, 2.24) is 5.01 Å². The Morgan fingerprint density at radius 2 is 2.45 bits per heavy atom. The maximum atomic E-state index is 11.8. The molecule has 0 radical (unpaired) electrons. The molecule has 0 aromatic heterocycles. The van der Waals surface area contributed by atoms with Crippen LogP contribution in [0.25, 0.3) is 0 Å². The van der Waals surface area contributed by atoms with Gasteiger partial charge in [-0.05, 0) is 12.0 Å². The van der Waals surface area contributed by atoms with E-state index in [2.05, 4.69) is 5.10 Å². The van der Waals surface area contributed by atoms with Crippen molar-refractivity contribution in [2.24, 2.45) is 5.10 Å². The molecule has 0 N–H and O–H groups in total. The van der Waals surface area contributed by atoms with Crippen molar-refractivity contribution in [3.8, 4) is 0 Å². The van der Waals surface area contributed by atoms with Gasteiger partial charge in [-0.15, -0.1) is 0 Å². The minimum atomic E-state index is -1.95. The molecule has 1 aliphatic heterocycles. The van der Waals surface area contributed by atoms with Crippen LogP contribution >= 0.6 is 0 Å². The quantitative estimate of drug-likeness (QED) is 0.599. The molecule has 0 amide bonds. The summed E-state index contributed by atoms with van der Waals surface area (Å²) in [7, 11) is -0.0405. The third kappa shape index (κ3) is 1.80. The van der Waals surface area contributed by atoms with Crippen molar-refractivity contribution in [3.63, 3.8) is 0 Å². The van der Waals surface area contributed by atoms with E-state index in [1.165, 1.54) is 0 Å². The monoisotopic (exact) mass is 176 g/mol. The average Bonchev–Trinajstić information content (AvgIpc) is 2.36. The molecule has 0 aromatic carbocycles. The van der Waals surface area contributed by atoms with E-state index in [1.807, 2.05) is 31.5 Å². The van der Waals surface area contributed by atoms with Crippen LogP contribution in [0.4, 0.5) is 0 Å². The Hall–Kier alpha value is -0.380. The maximum Gasteiger partial charge on any atom is 0.0686 e. The van der Waals surface area contributed by atoms with E-state index < -0.39 is 9.93 Å². The highest BCUT2D eigenvalue weighted by Crippen LogP contribution is 2.13. The first-order chi connectivity index (χ1) is 5.06. The fourth-order valence-corrected chi connectivity index (χ4v) is 2.50. The van der Waals surface area contributed by atoms with E-state index in [0.29, 0.717) is 0 Å². The molecular weight excluding hydrogens is 160 g/mol. The molecule has 1 heterocycles. The summed E-state index contributed by atoms with van der Waals surface area (Å²) in [5.41, 5.74) is 0. The lowest BCUT2D eigenvalue weighted by atomic mass is 10.5. The standard InChI is InChI=1S/C7H16N2OS/c1-4-11(3,10)7-5-8-9(2)6-7/h5,7,11H,4,6H2,1-3H3. The summed E-state index contributed by atoms with van der Waals surface area (Å²) in [6, 6.07) is 0. The molecule has 1 atom stereocenters. The highest BCUT2D eigenvalue weighted by molar-refractivity contribution is 8.03. The van der Waals surface area contributed by atoms with Crippen molar-refractivity contribution in [2.45, 2.75) is 12.2 Å². The Kier molecular flexibility index (Phi) is 2.32. The zero-order valence-electron chi connectivity index (χ0n) is 7.32. The molecule has 66 valence electrons. The second-order valence-corrected chi connectivity index (χ2v) is 6.81. The van der Waals surface area contributed by atoms with Crippen LogP contribution in [-0.2, 0) is 9.93 Å². The summed E-state index contributed by atoms with van der Waals surface area (Å²) in [4.78, 5) is 0. The smallest absolute Gasteiger partial charge is 0.0686 e. The van der Waals surface area contributed by atoms with Gasteiger partial charge in [-0.1, -0.05) is 16.9 Å². The molecule has 0 spiro atoms.